The Hall–Kier alpha value is -3.87. The molecule has 5 rings (SSSR count). The summed E-state index contributed by atoms with van der Waals surface area (Å²) in [4.78, 5) is 17.3. The zero-order valence-electron chi connectivity index (χ0n) is 21.1. The monoisotopic (exact) mass is 495 g/mol. The van der Waals surface area contributed by atoms with E-state index < -0.39 is 5.91 Å². The smallest absolute Gasteiger partial charge is 0.267 e. The summed E-state index contributed by atoms with van der Waals surface area (Å²) in [5.74, 6) is 0.407. The Labute approximate surface area is 217 Å². The number of rotatable bonds is 10. The molecule has 0 bridgehead atoms. The van der Waals surface area contributed by atoms with E-state index >= 15 is 0 Å². The summed E-state index contributed by atoms with van der Waals surface area (Å²) in [5, 5.41) is 10.0. The van der Waals surface area contributed by atoms with Gasteiger partial charge >= 0.3 is 0 Å². The number of carbonyl (C=O) groups excluding carboxylic acids is 1. The van der Waals surface area contributed by atoms with Gasteiger partial charge < -0.3 is 9.72 Å². The van der Waals surface area contributed by atoms with E-state index in [1.807, 2.05) is 24.3 Å². The van der Waals surface area contributed by atoms with Gasteiger partial charge in [-0.15, -0.1) is 0 Å². The number of H-pyrrole nitrogens is 1. The summed E-state index contributed by atoms with van der Waals surface area (Å²) in [7, 11) is 0. The number of hydroxylamine groups is 1. The molecule has 0 saturated heterocycles. The van der Waals surface area contributed by atoms with Crippen molar-refractivity contribution in [2.75, 3.05) is 19.7 Å². The van der Waals surface area contributed by atoms with Crippen LogP contribution in [0.3, 0.4) is 0 Å². The van der Waals surface area contributed by atoms with E-state index in [9.17, 15) is 4.79 Å². The summed E-state index contributed by atoms with van der Waals surface area (Å²) in [6, 6.07) is 23.3. The molecule has 1 aromatic heterocycles. The Balaban J connectivity index is 1.33. The van der Waals surface area contributed by atoms with Gasteiger partial charge in [-0.2, -0.15) is 0 Å². The molecule has 0 saturated carbocycles. The number of hydrogen-bond acceptors (Lipinski definition) is 4. The van der Waals surface area contributed by atoms with Crippen molar-refractivity contribution >= 4 is 22.9 Å². The molecule has 0 aliphatic heterocycles. The average Bonchev–Trinajstić information content (AvgIpc) is 3.54. The predicted octanol–water partition coefficient (Wildman–Crippen LogP) is 5.61. The molecule has 1 aliphatic rings. The summed E-state index contributed by atoms with van der Waals surface area (Å²) in [6.45, 7) is 4.47. The van der Waals surface area contributed by atoms with E-state index in [4.69, 9.17) is 9.94 Å². The van der Waals surface area contributed by atoms with Crippen LogP contribution in [0.1, 0.15) is 40.3 Å². The number of hydrogen-bond donors (Lipinski definition) is 3. The number of aromatic nitrogens is 1. The Morgan fingerprint density at radius 3 is 2.84 bits per heavy atom. The van der Waals surface area contributed by atoms with Crippen LogP contribution in [0.25, 0.3) is 17.0 Å². The fourth-order valence-corrected chi connectivity index (χ4v) is 5.32. The Morgan fingerprint density at radius 2 is 1.97 bits per heavy atom. The van der Waals surface area contributed by atoms with Crippen molar-refractivity contribution in [3.8, 4) is 5.75 Å². The average molecular weight is 496 g/mol. The lowest BCUT2D eigenvalue weighted by Crippen LogP contribution is -2.33. The van der Waals surface area contributed by atoms with E-state index in [2.05, 4.69) is 65.5 Å². The largest absolute Gasteiger partial charge is 0.492 e. The normalized spacial score (nSPS) is 14.9. The van der Waals surface area contributed by atoms with E-state index in [1.165, 1.54) is 33.7 Å². The fourth-order valence-electron chi connectivity index (χ4n) is 5.32. The number of nitrogens with zero attached hydrogens (tertiary/aromatic N) is 1. The highest BCUT2D eigenvalue weighted by atomic mass is 16.5. The quantitative estimate of drug-likeness (QED) is 0.152. The molecular formula is C31H33N3O3. The molecule has 3 N–H and O–H groups in total. The first-order chi connectivity index (χ1) is 18.1. The lowest BCUT2D eigenvalue weighted by molar-refractivity contribution is -0.124. The lowest BCUT2D eigenvalue weighted by atomic mass is 10.0. The van der Waals surface area contributed by atoms with Gasteiger partial charge in [-0.1, -0.05) is 54.6 Å². The van der Waals surface area contributed by atoms with Crippen LogP contribution in [0.4, 0.5) is 0 Å². The first-order valence-electron chi connectivity index (χ1n) is 12.8. The fraction of sp³-hybridized carbons (Fsp3) is 0.258. The van der Waals surface area contributed by atoms with Crippen LogP contribution < -0.4 is 10.2 Å². The maximum absolute atomic E-state index is 11.4. The van der Waals surface area contributed by atoms with Gasteiger partial charge in [-0.05, 0) is 72.2 Å². The van der Waals surface area contributed by atoms with Gasteiger partial charge in [-0.25, -0.2) is 5.48 Å². The second-order valence-corrected chi connectivity index (χ2v) is 9.58. The van der Waals surface area contributed by atoms with E-state index in [1.54, 1.807) is 11.6 Å². The molecule has 6 heteroatoms. The number of ether oxygens (including phenoxy) is 1. The summed E-state index contributed by atoms with van der Waals surface area (Å²) in [5.41, 5.74) is 8.91. The number of aromatic amines is 1. The van der Waals surface area contributed by atoms with Gasteiger partial charge in [0.25, 0.3) is 5.91 Å². The van der Waals surface area contributed by atoms with Gasteiger partial charge in [0.2, 0.25) is 0 Å². The third-order valence-electron chi connectivity index (χ3n) is 7.26. The molecule has 0 spiro atoms. The van der Waals surface area contributed by atoms with Crippen LogP contribution in [-0.2, 0) is 17.6 Å². The van der Waals surface area contributed by atoms with Gasteiger partial charge in [0.15, 0.2) is 0 Å². The van der Waals surface area contributed by atoms with Crippen molar-refractivity contribution in [1.82, 2.24) is 15.4 Å². The van der Waals surface area contributed by atoms with Gasteiger partial charge in [0, 0.05) is 42.3 Å². The molecule has 0 fully saturated rings. The highest BCUT2D eigenvalue weighted by Crippen LogP contribution is 2.37. The van der Waals surface area contributed by atoms with E-state index in [-0.39, 0.29) is 0 Å². The number of amides is 1. The number of aryl methyl sites for hydroxylation is 2. The number of benzene rings is 3. The zero-order chi connectivity index (χ0) is 25.6. The molecule has 0 radical (unpaired) electrons. The highest BCUT2D eigenvalue weighted by Gasteiger charge is 2.28. The molecule has 1 unspecified atom stereocenters. The molecular weight excluding hydrogens is 462 g/mol. The van der Waals surface area contributed by atoms with Crippen molar-refractivity contribution in [1.29, 1.82) is 0 Å². The van der Waals surface area contributed by atoms with Crippen LogP contribution in [0.5, 0.6) is 5.75 Å². The maximum atomic E-state index is 11.4. The summed E-state index contributed by atoms with van der Waals surface area (Å²) in [6.07, 6.45) is 8.20. The Morgan fingerprint density at radius 1 is 1.14 bits per heavy atom. The zero-order valence-corrected chi connectivity index (χ0v) is 21.1. The standard InChI is InChI=1S/C31H33N3O3/c1-22-6-2-5-9-30(22)37-19-18-34(17-16-25-21-32-28-8-4-3-7-26(25)28)29-14-12-24-20-23(10-13-27(24)29)11-15-31(35)33-36/h2-11,13,15,20-21,29,32,36H,12,14,16-19H2,1H3,(H,33,35). The predicted molar refractivity (Wildman–Crippen MR) is 147 cm³/mol. The van der Waals surface area contributed by atoms with E-state index in [0.717, 1.165) is 49.2 Å². The van der Waals surface area contributed by atoms with Crippen LogP contribution in [0, 0.1) is 6.92 Å². The van der Waals surface area contributed by atoms with Crippen molar-refractivity contribution < 1.29 is 14.7 Å². The maximum Gasteiger partial charge on any atom is 0.267 e. The third kappa shape index (κ3) is 5.77. The minimum absolute atomic E-state index is 0.319. The van der Waals surface area contributed by atoms with E-state index in [0.29, 0.717) is 12.6 Å². The highest BCUT2D eigenvalue weighted by molar-refractivity contribution is 5.90. The molecule has 4 aromatic rings. The van der Waals surface area contributed by atoms with Crippen LogP contribution in [0.2, 0.25) is 0 Å². The first kappa shape index (κ1) is 24.8. The van der Waals surface area contributed by atoms with Gasteiger partial charge in [0.1, 0.15) is 12.4 Å². The van der Waals surface area contributed by atoms with Gasteiger partial charge in [-0.3, -0.25) is 14.9 Å². The third-order valence-corrected chi connectivity index (χ3v) is 7.26. The summed E-state index contributed by atoms with van der Waals surface area (Å²) >= 11 is 0. The first-order valence-corrected chi connectivity index (χ1v) is 12.8. The second kappa shape index (κ2) is 11.5. The number of fused-ring (bicyclic) bond motifs is 2. The molecule has 1 atom stereocenters. The molecule has 1 heterocycles. The Bertz CT molecular complexity index is 1410. The van der Waals surface area contributed by atoms with Gasteiger partial charge in [0.05, 0.1) is 0 Å². The molecule has 37 heavy (non-hydrogen) atoms. The molecule has 3 aromatic carbocycles. The van der Waals surface area contributed by atoms with Crippen molar-refractivity contribution in [3.05, 3.63) is 107 Å². The van der Waals surface area contributed by atoms with Crippen molar-refractivity contribution in [2.45, 2.75) is 32.2 Å². The van der Waals surface area contributed by atoms with Crippen LogP contribution >= 0.6 is 0 Å². The molecule has 190 valence electrons. The number of nitrogens with one attached hydrogen (secondary N) is 2. The minimum Gasteiger partial charge on any atom is -0.492 e. The summed E-state index contributed by atoms with van der Waals surface area (Å²) < 4.78 is 6.19. The SMILES string of the molecule is Cc1ccccc1OCCN(CCc1c[nH]c2ccccc12)C1CCc2cc(C=CC(=O)NO)ccc21. The second-order valence-electron chi connectivity index (χ2n) is 9.58. The van der Waals surface area contributed by atoms with Crippen molar-refractivity contribution in [3.63, 3.8) is 0 Å². The molecule has 6 nitrogen and oxygen atoms in total. The van der Waals surface area contributed by atoms with Crippen molar-refractivity contribution in [2.24, 2.45) is 0 Å². The van der Waals surface area contributed by atoms with Crippen LogP contribution in [-0.4, -0.2) is 40.7 Å². The minimum atomic E-state index is -0.532. The molecule has 1 aliphatic carbocycles. The van der Waals surface area contributed by atoms with Crippen LogP contribution in [0.15, 0.2) is 79.0 Å². The Kier molecular flexibility index (Phi) is 7.68. The number of para-hydroxylation sites is 2. The molecule has 1 amide bonds. The number of carbonyl (C=O) groups is 1. The topological polar surface area (TPSA) is 77.6 Å². The lowest BCUT2D eigenvalue weighted by Gasteiger charge is -2.30.